The van der Waals surface area contributed by atoms with Crippen LogP contribution in [0.2, 0.25) is 0 Å². The first-order valence-corrected chi connectivity index (χ1v) is 6.59. The highest BCUT2D eigenvalue weighted by atomic mass is 16.5. The molecule has 2 rings (SSSR count). The molecule has 1 aliphatic heterocycles. The van der Waals surface area contributed by atoms with E-state index in [1.165, 1.54) is 17.5 Å². The zero-order valence-electron chi connectivity index (χ0n) is 11.3. The Kier molecular flexibility index (Phi) is 4.69. The average Bonchev–Trinajstić information content (AvgIpc) is 2.82. The maximum absolute atomic E-state index is 5.97. The molecule has 1 saturated heterocycles. The Morgan fingerprint density at radius 3 is 3.11 bits per heavy atom. The summed E-state index contributed by atoms with van der Waals surface area (Å²) in [6.45, 7) is 5.79. The van der Waals surface area contributed by atoms with Crippen LogP contribution in [0, 0.1) is 12.8 Å². The van der Waals surface area contributed by atoms with Gasteiger partial charge in [-0.3, -0.25) is 9.88 Å². The molecule has 2 atom stereocenters. The van der Waals surface area contributed by atoms with Gasteiger partial charge in [0.2, 0.25) is 0 Å². The van der Waals surface area contributed by atoms with Crippen LogP contribution < -0.4 is 5.73 Å². The Labute approximate surface area is 109 Å². The summed E-state index contributed by atoms with van der Waals surface area (Å²) < 4.78 is 5.25. The van der Waals surface area contributed by atoms with E-state index in [1.54, 1.807) is 7.11 Å². The molecule has 2 heterocycles. The van der Waals surface area contributed by atoms with Crippen LogP contribution >= 0.6 is 0 Å². The topological polar surface area (TPSA) is 51.4 Å². The molecule has 0 radical (unpaired) electrons. The number of hydrogen-bond donors (Lipinski definition) is 1. The zero-order valence-corrected chi connectivity index (χ0v) is 11.3. The van der Waals surface area contributed by atoms with Gasteiger partial charge in [0.25, 0.3) is 0 Å². The maximum Gasteiger partial charge on any atom is 0.0503 e. The van der Waals surface area contributed by atoms with Gasteiger partial charge in [-0.25, -0.2) is 0 Å². The van der Waals surface area contributed by atoms with E-state index in [4.69, 9.17) is 10.5 Å². The lowest BCUT2D eigenvalue weighted by Gasteiger charge is -2.28. The minimum atomic E-state index is 0.292. The summed E-state index contributed by atoms with van der Waals surface area (Å²) in [6.07, 6.45) is 4.99. The molecule has 4 heteroatoms. The Balaban J connectivity index is 2.08. The fourth-order valence-electron chi connectivity index (χ4n) is 2.82. The molecule has 1 aromatic rings. The van der Waals surface area contributed by atoms with E-state index < -0.39 is 0 Å². The van der Waals surface area contributed by atoms with Crippen molar-refractivity contribution < 1.29 is 4.74 Å². The number of ether oxygens (including phenoxy) is 1. The van der Waals surface area contributed by atoms with E-state index in [0.29, 0.717) is 18.5 Å². The lowest BCUT2D eigenvalue weighted by molar-refractivity contribution is 0.147. The molecule has 0 spiro atoms. The number of nitrogens with two attached hydrogens (primary N) is 1. The highest BCUT2D eigenvalue weighted by Gasteiger charge is 2.29. The fraction of sp³-hybridized carbons (Fsp3) is 0.643. The predicted molar refractivity (Wildman–Crippen MR) is 72.3 cm³/mol. The summed E-state index contributed by atoms with van der Waals surface area (Å²) in [6, 6.07) is 2.35. The maximum atomic E-state index is 5.97. The highest BCUT2D eigenvalue weighted by Crippen LogP contribution is 2.28. The summed E-state index contributed by atoms with van der Waals surface area (Å²) >= 11 is 0. The van der Waals surface area contributed by atoms with Gasteiger partial charge >= 0.3 is 0 Å². The van der Waals surface area contributed by atoms with Crippen molar-refractivity contribution in [1.29, 1.82) is 0 Å². The van der Waals surface area contributed by atoms with E-state index in [-0.39, 0.29) is 0 Å². The van der Waals surface area contributed by atoms with E-state index in [9.17, 15) is 0 Å². The number of rotatable bonds is 5. The summed E-state index contributed by atoms with van der Waals surface area (Å²) in [5.74, 6) is 0.640. The Hall–Kier alpha value is -0.970. The molecule has 1 aliphatic rings. The van der Waals surface area contributed by atoms with Crippen molar-refractivity contribution in [2.75, 3.05) is 33.4 Å². The molecule has 2 N–H and O–H groups in total. The molecule has 0 aliphatic carbocycles. The van der Waals surface area contributed by atoms with Crippen LogP contribution in [-0.4, -0.2) is 43.2 Å². The second-order valence-corrected chi connectivity index (χ2v) is 5.09. The summed E-state index contributed by atoms with van der Waals surface area (Å²) in [4.78, 5) is 6.70. The Morgan fingerprint density at radius 2 is 2.44 bits per heavy atom. The van der Waals surface area contributed by atoms with Gasteiger partial charge in [-0.05, 0) is 43.0 Å². The van der Waals surface area contributed by atoms with Gasteiger partial charge < -0.3 is 10.5 Å². The molecule has 18 heavy (non-hydrogen) atoms. The standard InChI is InChI=1S/C14H23N3O/c1-11-3-5-16-8-13(11)14(7-15)17-6-4-12(9-17)10-18-2/h3,5,8,12,14H,4,6-7,9-10,15H2,1-2H3. The van der Waals surface area contributed by atoms with Gasteiger partial charge in [-0.1, -0.05) is 0 Å². The molecule has 0 aromatic carbocycles. The second-order valence-electron chi connectivity index (χ2n) is 5.09. The molecule has 1 aromatic heterocycles. The van der Waals surface area contributed by atoms with Gasteiger partial charge in [0.05, 0.1) is 6.61 Å². The van der Waals surface area contributed by atoms with Gasteiger partial charge in [-0.2, -0.15) is 0 Å². The molecular weight excluding hydrogens is 226 g/mol. The first kappa shape index (κ1) is 13.5. The van der Waals surface area contributed by atoms with Crippen LogP contribution in [0.1, 0.15) is 23.6 Å². The van der Waals surface area contributed by atoms with Gasteiger partial charge in [0, 0.05) is 38.6 Å². The third kappa shape index (κ3) is 2.88. The molecule has 100 valence electrons. The quantitative estimate of drug-likeness (QED) is 0.856. The SMILES string of the molecule is COCC1CCN(C(CN)c2cnccc2C)C1. The number of pyridine rings is 1. The van der Waals surface area contributed by atoms with E-state index in [2.05, 4.69) is 22.9 Å². The third-order valence-electron chi connectivity index (χ3n) is 3.82. The van der Waals surface area contributed by atoms with Crippen molar-refractivity contribution >= 4 is 0 Å². The van der Waals surface area contributed by atoms with Gasteiger partial charge in [0.1, 0.15) is 0 Å². The van der Waals surface area contributed by atoms with Gasteiger partial charge in [0.15, 0.2) is 0 Å². The molecular formula is C14H23N3O. The van der Waals surface area contributed by atoms with E-state index >= 15 is 0 Å². The zero-order chi connectivity index (χ0) is 13.0. The number of methoxy groups -OCH3 is 1. The minimum Gasteiger partial charge on any atom is -0.384 e. The number of hydrogen-bond acceptors (Lipinski definition) is 4. The normalized spacial score (nSPS) is 22.3. The molecule has 4 nitrogen and oxygen atoms in total. The lowest BCUT2D eigenvalue weighted by atomic mass is 10.0. The van der Waals surface area contributed by atoms with Gasteiger partial charge in [-0.15, -0.1) is 0 Å². The molecule has 1 fully saturated rings. The number of nitrogens with zero attached hydrogens (tertiary/aromatic N) is 2. The van der Waals surface area contributed by atoms with Crippen molar-refractivity contribution in [2.45, 2.75) is 19.4 Å². The molecule has 2 unspecified atom stereocenters. The summed E-state index contributed by atoms with van der Waals surface area (Å²) in [5.41, 5.74) is 8.51. The van der Waals surface area contributed by atoms with Crippen molar-refractivity contribution in [3.8, 4) is 0 Å². The molecule has 0 saturated carbocycles. The molecule has 0 amide bonds. The monoisotopic (exact) mass is 249 g/mol. The van der Waals surface area contributed by atoms with Crippen molar-refractivity contribution in [3.63, 3.8) is 0 Å². The lowest BCUT2D eigenvalue weighted by Crippen LogP contribution is -2.33. The number of likely N-dealkylation sites (tertiary alicyclic amines) is 1. The fourth-order valence-corrected chi connectivity index (χ4v) is 2.82. The van der Waals surface area contributed by atoms with Crippen molar-refractivity contribution in [1.82, 2.24) is 9.88 Å². The van der Waals surface area contributed by atoms with Crippen molar-refractivity contribution in [3.05, 3.63) is 29.6 Å². The van der Waals surface area contributed by atoms with Crippen LogP contribution in [0.3, 0.4) is 0 Å². The second kappa shape index (κ2) is 6.27. The first-order chi connectivity index (χ1) is 8.76. The third-order valence-corrected chi connectivity index (χ3v) is 3.82. The molecule has 0 bridgehead atoms. The predicted octanol–water partition coefficient (Wildman–Crippen LogP) is 1.36. The average molecular weight is 249 g/mol. The van der Waals surface area contributed by atoms with Crippen LogP contribution in [0.25, 0.3) is 0 Å². The van der Waals surface area contributed by atoms with Crippen LogP contribution in [0.15, 0.2) is 18.5 Å². The van der Waals surface area contributed by atoms with Crippen molar-refractivity contribution in [2.24, 2.45) is 11.7 Å². The summed E-state index contributed by atoms with van der Waals surface area (Å²) in [7, 11) is 1.77. The van der Waals surface area contributed by atoms with Crippen LogP contribution in [0.4, 0.5) is 0 Å². The minimum absolute atomic E-state index is 0.292. The van der Waals surface area contributed by atoms with E-state index in [0.717, 1.165) is 19.7 Å². The van der Waals surface area contributed by atoms with Crippen LogP contribution in [0.5, 0.6) is 0 Å². The Morgan fingerprint density at radius 1 is 1.61 bits per heavy atom. The first-order valence-electron chi connectivity index (χ1n) is 6.59. The Bertz CT molecular complexity index is 383. The van der Waals surface area contributed by atoms with E-state index in [1.807, 2.05) is 12.4 Å². The summed E-state index contributed by atoms with van der Waals surface area (Å²) in [5, 5.41) is 0. The largest absolute Gasteiger partial charge is 0.384 e. The van der Waals surface area contributed by atoms with Crippen LogP contribution in [-0.2, 0) is 4.74 Å². The number of aromatic nitrogens is 1. The smallest absolute Gasteiger partial charge is 0.0503 e. The number of aryl methyl sites for hydroxylation is 1. The highest BCUT2D eigenvalue weighted by molar-refractivity contribution is 5.25.